The molecule has 0 N–H and O–H groups in total. The third kappa shape index (κ3) is 4.01. The van der Waals surface area contributed by atoms with Crippen LogP contribution in [0.15, 0.2) is 48.7 Å². The Balaban J connectivity index is 1.23. The maximum Gasteiger partial charge on any atom is 0.222 e. The summed E-state index contributed by atoms with van der Waals surface area (Å²) in [7, 11) is 0. The molecule has 0 spiro atoms. The minimum absolute atomic E-state index is 0.220. The SMILES string of the molecule is Cc1ccccc1OCCCC(=O)N1CCC(c2nnc3ccccn23)CC1. The van der Waals surface area contributed by atoms with Crippen molar-refractivity contribution in [2.45, 2.75) is 38.5 Å². The highest BCUT2D eigenvalue weighted by molar-refractivity contribution is 5.76. The zero-order valence-corrected chi connectivity index (χ0v) is 16.3. The summed E-state index contributed by atoms with van der Waals surface area (Å²) < 4.78 is 7.85. The Bertz CT molecular complexity index is 944. The minimum atomic E-state index is 0.220. The number of likely N-dealkylation sites (tertiary alicyclic amines) is 1. The molecule has 6 nitrogen and oxygen atoms in total. The zero-order chi connectivity index (χ0) is 19.3. The Labute approximate surface area is 165 Å². The number of hydrogen-bond acceptors (Lipinski definition) is 4. The van der Waals surface area contributed by atoms with Gasteiger partial charge in [-0.25, -0.2) is 0 Å². The molecule has 1 aliphatic rings. The number of benzene rings is 1. The van der Waals surface area contributed by atoms with E-state index >= 15 is 0 Å². The molecule has 1 aliphatic heterocycles. The van der Waals surface area contributed by atoms with Gasteiger partial charge in [-0.15, -0.1) is 10.2 Å². The number of ether oxygens (including phenoxy) is 1. The predicted molar refractivity (Wildman–Crippen MR) is 107 cm³/mol. The molecule has 1 aromatic carbocycles. The van der Waals surface area contributed by atoms with E-state index in [1.165, 1.54) is 0 Å². The zero-order valence-electron chi connectivity index (χ0n) is 16.3. The van der Waals surface area contributed by atoms with Gasteiger partial charge < -0.3 is 9.64 Å². The van der Waals surface area contributed by atoms with E-state index in [1.807, 2.05) is 60.5 Å². The lowest BCUT2D eigenvalue weighted by Gasteiger charge is -2.31. The molecule has 3 aromatic rings. The van der Waals surface area contributed by atoms with Crippen molar-refractivity contribution in [3.05, 3.63) is 60.0 Å². The number of piperidine rings is 1. The van der Waals surface area contributed by atoms with Crippen LogP contribution in [0.25, 0.3) is 5.65 Å². The first-order chi connectivity index (χ1) is 13.7. The number of rotatable bonds is 6. The summed E-state index contributed by atoms with van der Waals surface area (Å²) in [6.07, 6.45) is 5.14. The van der Waals surface area contributed by atoms with E-state index < -0.39 is 0 Å². The van der Waals surface area contributed by atoms with E-state index in [9.17, 15) is 4.79 Å². The minimum Gasteiger partial charge on any atom is -0.493 e. The molecular weight excluding hydrogens is 352 g/mol. The van der Waals surface area contributed by atoms with Crippen LogP contribution in [-0.4, -0.2) is 45.1 Å². The van der Waals surface area contributed by atoms with Gasteiger partial charge in [-0.1, -0.05) is 24.3 Å². The summed E-state index contributed by atoms with van der Waals surface area (Å²) in [6.45, 7) is 4.16. The summed E-state index contributed by atoms with van der Waals surface area (Å²) in [6, 6.07) is 13.9. The van der Waals surface area contributed by atoms with Crippen LogP contribution >= 0.6 is 0 Å². The van der Waals surface area contributed by atoms with Crippen molar-refractivity contribution in [1.29, 1.82) is 0 Å². The molecule has 0 unspecified atom stereocenters. The van der Waals surface area contributed by atoms with Crippen LogP contribution in [0.2, 0.25) is 0 Å². The number of para-hydroxylation sites is 1. The first-order valence-corrected chi connectivity index (χ1v) is 9.98. The summed E-state index contributed by atoms with van der Waals surface area (Å²) in [5.74, 6) is 2.48. The molecule has 0 bridgehead atoms. The Kier molecular flexibility index (Phi) is 5.55. The van der Waals surface area contributed by atoms with Gasteiger partial charge in [-0.05, 0) is 49.9 Å². The number of hydrogen-bond donors (Lipinski definition) is 0. The number of carbonyl (C=O) groups excluding carboxylic acids is 1. The third-order valence-electron chi connectivity index (χ3n) is 5.44. The lowest BCUT2D eigenvalue weighted by atomic mass is 9.95. The van der Waals surface area contributed by atoms with Crippen LogP contribution in [0, 0.1) is 6.92 Å². The topological polar surface area (TPSA) is 59.7 Å². The lowest BCUT2D eigenvalue weighted by Crippen LogP contribution is -2.38. The van der Waals surface area contributed by atoms with Gasteiger partial charge in [-0.2, -0.15) is 0 Å². The average molecular weight is 378 g/mol. The van der Waals surface area contributed by atoms with Gasteiger partial charge >= 0.3 is 0 Å². The first kappa shape index (κ1) is 18.5. The van der Waals surface area contributed by atoms with Crippen LogP contribution < -0.4 is 4.74 Å². The van der Waals surface area contributed by atoms with E-state index in [-0.39, 0.29) is 5.91 Å². The molecular formula is C22H26N4O2. The van der Waals surface area contributed by atoms with Crippen molar-refractivity contribution < 1.29 is 9.53 Å². The lowest BCUT2D eigenvalue weighted by molar-refractivity contribution is -0.132. The van der Waals surface area contributed by atoms with Crippen LogP contribution in [0.1, 0.15) is 43.0 Å². The molecule has 1 saturated heterocycles. The summed E-state index contributed by atoms with van der Waals surface area (Å²) in [4.78, 5) is 14.5. The number of amides is 1. The standard InChI is InChI=1S/C22H26N4O2/c1-17-7-2-3-8-19(17)28-16-6-10-21(27)25-14-11-18(12-15-25)22-24-23-20-9-4-5-13-26(20)22/h2-5,7-9,13,18H,6,10-12,14-16H2,1H3. The van der Waals surface area contributed by atoms with Gasteiger partial charge in [0.05, 0.1) is 6.61 Å². The molecule has 0 radical (unpaired) electrons. The largest absolute Gasteiger partial charge is 0.493 e. The summed E-state index contributed by atoms with van der Waals surface area (Å²) >= 11 is 0. The van der Waals surface area contributed by atoms with Gasteiger partial charge in [0.25, 0.3) is 0 Å². The maximum atomic E-state index is 12.5. The first-order valence-electron chi connectivity index (χ1n) is 9.98. The molecule has 146 valence electrons. The van der Waals surface area contributed by atoms with E-state index in [0.29, 0.717) is 18.9 Å². The van der Waals surface area contributed by atoms with Gasteiger partial charge in [0.1, 0.15) is 11.6 Å². The van der Waals surface area contributed by atoms with Gasteiger partial charge in [0.2, 0.25) is 5.91 Å². The number of aromatic nitrogens is 3. The highest BCUT2D eigenvalue weighted by Gasteiger charge is 2.26. The molecule has 2 aromatic heterocycles. The Morgan fingerprint density at radius 2 is 1.89 bits per heavy atom. The maximum absolute atomic E-state index is 12.5. The molecule has 0 saturated carbocycles. The Morgan fingerprint density at radius 3 is 2.71 bits per heavy atom. The number of nitrogens with zero attached hydrogens (tertiary/aromatic N) is 4. The average Bonchev–Trinajstić information content (AvgIpc) is 3.16. The number of fused-ring (bicyclic) bond motifs is 1. The normalized spacial score (nSPS) is 15.1. The number of carbonyl (C=O) groups is 1. The fourth-order valence-electron chi connectivity index (χ4n) is 3.81. The molecule has 4 rings (SSSR count). The second kappa shape index (κ2) is 8.42. The third-order valence-corrected chi connectivity index (χ3v) is 5.44. The van der Waals surface area contributed by atoms with Crippen LogP contribution in [0.5, 0.6) is 5.75 Å². The number of pyridine rings is 1. The fourth-order valence-corrected chi connectivity index (χ4v) is 3.81. The van der Waals surface area contributed by atoms with Crippen molar-refractivity contribution >= 4 is 11.6 Å². The predicted octanol–water partition coefficient (Wildman–Crippen LogP) is 3.60. The Hall–Kier alpha value is -2.89. The summed E-state index contributed by atoms with van der Waals surface area (Å²) in [5.41, 5.74) is 2.00. The highest BCUT2D eigenvalue weighted by atomic mass is 16.5. The van der Waals surface area contributed by atoms with Crippen LogP contribution in [0.3, 0.4) is 0 Å². The van der Waals surface area contributed by atoms with Crippen molar-refractivity contribution in [2.75, 3.05) is 19.7 Å². The molecule has 0 aliphatic carbocycles. The monoisotopic (exact) mass is 378 g/mol. The van der Waals surface area contributed by atoms with Gasteiger partial charge in [0.15, 0.2) is 5.65 Å². The second-order valence-electron chi connectivity index (χ2n) is 7.36. The molecule has 0 atom stereocenters. The highest BCUT2D eigenvalue weighted by Crippen LogP contribution is 2.27. The second-order valence-corrected chi connectivity index (χ2v) is 7.36. The molecule has 1 fully saturated rings. The van der Waals surface area contributed by atoms with Crippen molar-refractivity contribution in [1.82, 2.24) is 19.5 Å². The molecule has 28 heavy (non-hydrogen) atoms. The van der Waals surface area contributed by atoms with Gasteiger partial charge in [0, 0.05) is 31.6 Å². The van der Waals surface area contributed by atoms with E-state index in [0.717, 1.165) is 55.1 Å². The van der Waals surface area contributed by atoms with E-state index in [1.54, 1.807) is 0 Å². The molecule has 6 heteroatoms. The van der Waals surface area contributed by atoms with E-state index in [2.05, 4.69) is 14.6 Å². The Morgan fingerprint density at radius 1 is 1.11 bits per heavy atom. The van der Waals surface area contributed by atoms with Crippen LogP contribution in [-0.2, 0) is 4.79 Å². The van der Waals surface area contributed by atoms with E-state index in [4.69, 9.17) is 4.74 Å². The number of aryl methyl sites for hydroxylation is 1. The molecule has 1 amide bonds. The smallest absolute Gasteiger partial charge is 0.222 e. The van der Waals surface area contributed by atoms with Crippen LogP contribution in [0.4, 0.5) is 0 Å². The summed E-state index contributed by atoms with van der Waals surface area (Å²) in [5, 5.41) is 8.63. The quantitative estimate of drug-likeness (QED) is 0.615. The van der Waals surface area contributed by atoms with Gasteiger partial charge in [-0.3, -0.25) is 9.20 Å². The molecule has 3 heterocycles. The van der Waals surface area contributed by atoms with Crippen molar-refractivity contribution in [2.24, 2.45) is 0 Å². The van der Waals surface area contributed by atoms with Crippen molar-refractivity contribution in [3.8, 4) is 5.75 Å². The van der Waals surface area contributed by atoms with Crippen molar-refractivity contribution in [3.63, 3.8) is 0 Å². The fraction of sp³-hybridized carbons (Fsp3) is 0.409.